The van der Waals surface area contributed by atoms with Gasteiger partial charge in [-0.25, -0.2) is 4.79 Å². The van der Waals surface area contributed by atoms with E-state index in [0.717, 1.165) is 13.1 Å². The molecule has 112 valence electrons. The Balaban J connectivity index is 4.20. The van der Waals surface area contributed by atoms with Crippen molar-refractivity contribution < 1.29 is 9.53 Å². The number of hydrogen-bond donors (Lipinski definition) is 1. The largest absolute Gasteiger partial charge is 0.444 e. The number of carbonyl (C=O) groups excluding carboxylic acids is 1. The molecule has 0 radical (unpaired) electrons. The summed E-state index contributed by atoms with van der Waals surface area (Å²) in [6, 6.07) is 0. The highest BCUT2D eigenvalue weighted by atomic mass is 16.6. The minimum Gasteiger partial charge on any atom is -0.444 e. The number of nitrogens with zero attached hydrogens (tertiary/aromatic N) is 3. The molecule has 0 aromatic heterocycles. The van der Waals surface area contributed by atoms with Crippen LogP contribution in [0.2, 0.25) is 0 Å². The first-order chi connectivity index (χ1) is 8.71. The fraction of sp³-hybridized carbons (Fsp3) is 0.846. The Morgan fingerprint density at radius 2 is 1.79 bits per heavy atom. The van der Waals surface area contributed by atoms with Gasteiger partial charge in [-0.05, 0) is 34.6 Å². The third-order valence-corrected chi connectivity index (χ3v) is 2.50. The molecule has 0 aromatic carbocycles. The number of rotatable bonds is 5. The van der Waals surface area contributed by atoms with Gasteiger partial charge in [-0.1, -0.05) is 0 Å². The van der Waals surface area contributed by atoms with Crippen molar-refractivity contribution in [3.05, 3.63) is 0 Å². The maximum Gasteiger partial charge on any atom is 0.410 e. The van der Waals surface area contributed by atoms with Crippen LogP contribution in [0.3, 0.4) is 0 Å². The highest BCUT2D eigenvalue weighted by Gasteiger charge is 2.19. The van der Waals surface area contributed by atoms with Crippen molar-refractivity contribution >= 4 is 12.1 Å². The molecule has 0 unspecified atom stereocenters. The van der Waals surface area contributed by atoms with Gasteiger partial charge in [-0.2, -0.15) is 0 Å². The Labute approximate surface area is 116 Å². The predicted molar refractivity (Wildman–Crippen MR) is 78.3 cm³/mol. The third kappa shape index (κ3) is 7.54. The second-order valence-corrected chi connectivity index (χ2v) is 5.31. The second kappa shape index (κ2) is 7.86. The molecule has 0 saturated heterocycles. The highest BCUT2D eigenvalue weighted by Crippen LogP contribution is 2.08. The Hall–Kier alpha value is -1.46. The molecule has 0 aliphatic heterocycles. The molecular weight excluding hydrogens is 244 g/mol. The summed E-state index contributed by atoms with van der Waals surface area (Å²) >= 11 is 0. The van der Waals surface area contributed by atoms with E-state index in [9.17, 15) is 4.79 Å². The number of nitrogens with two attached hydrogens (primary N) is 1. The van der Waals surface area contributed by atoms with Crippen LogP contribution in [0.5, 0.6) is 0 Å². The van der Waals surface area contributed by atoms with Crippen LogP contribution >= 0.6 is 0 Å². The van der Waals surface area contributed by atoms with E-state index in [4.69, 9.17) is 10.5 Å². The van der Waals surface area contributed by atoms with Crippen LogP contribution in [-0.4, -0.2) is 60.7 Å². The Kier molecular flexibility index (Phi) is 7.26. The van der Waals surface area contributed by atoms with Crippen molar-refractivity contribution in [1.29, 1.82) is 0 Å². The summed E-state index contributed by atoms with van der Waals surface area (Å²) < 4.78 is 5.24. The van der Waals surface area contributed by atoms with Gasteiger partial charge in [0.15, 0.2) is 5.96 Å². The standard InChI is InChI=1S/C13H28N4O2/c1-7-17(8-2)11(14)15-9-10-16(6)12(18)19-13(3,4)5/h7-10H2,1-6H3,(H2,14,15). The van der Waals surface area contributed by atoms with Crippen molar-refractivity contribution in [3.63, 3.8) is 0 Å². The molecule has 0 fully saturated rings. The van der Waals surface area contributed by atoms with Gasteiger partial charge in [0.05, 0.1) is 6.54 Å². The molecular formula is C13H28N4O2. The molecule has 0 atom stereocenters. The molecule has 0 heterocycles. The SMILES string of the molecule is CCN(CC)C(N)=NCCN(C)C(=O)OC(C)(C)C. The van der Waals surface area contributed by atoms with Crippen molar-refractivity contribution in [2.24, 2.45) is 10.7 Å². The molecule has 2 N–H and O–H groups in total. The van der Waals surface area contributed by atoms with Crippen molar-refractivity contribution in [1.82, 2.24) is 9.80 Å². The summed E-state index contributed by atoms with van der Waals surface area (Å²) in [5, 5.41) is 0. The summed E-state index contributed by atoms with van der Waals surface area (Å²) in [5.41, 5.74) is 5.37. The zero-order valence-corrected chi connectivity index (χ0v) is 13.1. The van der Waals surface area contributed by atoms with Crippen molar-refractivity contribution in [2.75, 3.05) is 33.2 Å². The molecule has 0 saturated carbocycles. The van der Waals surface area contributed by atoms with E-state index in [2.05, 4.69) is 4.99 Å². The summed E-state index contributed by atoms with van der Waals surface area (Å²) in [7, 11) is 1.69. The van der Waals surface area contributed by atoms with Crippen LogP contribution in [0.1, 0.15) is 34.6 Å². The number of likely N-dealkylation sites (N-methyl/N-ethyl adjacent to an activating group) is 1. The lowest BCUT2D eigenvalue weighted by Gasteiger charge is -2.24. The van der Waals surface area contributed by atoms with E-state index in [-0.39, 0.29) is 6.09 Å². The average Bonchev–Trinajstić information content (AvgIpc) is 2.28. The fourth-order valence-electron chi connectivity index (χ4n) is 1.39. The zero-order chi connectivity index (χ0) is 15.1. The number of amides is 1. The van der Waals surface area contributed by atoms with Gasteiger partial charge in [0.1, 0.15) is 5.60 Å². The molecule has 1 amide bonds. The van der Waals surface area contributed by atoms with E-state index in [1.54, 1.807) is 7.05 Å². The summed E-state index contributed by atoms with van der Waals surface area (Å²) in [4.78, 5) is 19.4. The predicted octanol–water partition coefficient (Wildman–Crippen LogP) is 1.51. The van der Waals surface area contributed by atoms with Crippen LogP contribution in [0, 0.1) is 0 Å². The summed E-state index contributed by atoms with van der Waals surface area (Å²) in [5.74, 6) is 0.516. The Morgan fingerprint density at radius 3 is 2.21 bits per heavy atom. The highest BCUT2D eigenvalue weighted by molar-refractivity contribution is 5.78. The topological polar surface area (TPSA) is 71.2 Å². The third-order valence-electron chi connectivity index (χ3n) is 2.50. The van der Waals surface area contributed by atoms with Crippen LogP contribution < -0.4 is 5.73 Å². The fourth-order valence-corrected chi connectivity index (χ4v) is 1.39. The van der Waals surface area contributed by atoms with Crippen molar-refractivity contribution in [2.45, 2.75) is 40.2 Å². The van der Waals surface area contributed by atoms with Gasteiger partial charge < -0.3 is 20.3 Å². The first-order valence-corrected chi connectivity index (χ1v) is 6.70. The first-order valence-electron chi connectivity index (χ1n) is 6.70. The molecule has 0 spiro atoms. The van der Waals surface area contributed by atoms with Crippen LogP contribution in [-0.2, 0) is 4.74 Å². The van der Waals surface area contributed by atoms with Crippen molar-refractivity contribution in [3.8, 4) is 0 Å². The van der Waals surface area contributed by atoms with E-state index in [1.165, 1.54) is 4.90 Å². The summed E-state index contributed by atoms with van der Waals surface area (Å²) in [6.07, 6.45) is -0.343. The van der Waals surface area contributed by atoms with Gasteiger partial charge in [0.2, 0.25) is 0 Å². The van der Waals surface area contributed by atoms with Gasteiger partial charge in [0.25, 0.3) is 0 Å². The average molecular weight is 272 g/mol. The second-order valence-electron chi connectivity index (χ2n) is 5.31. The smallest absolute Gasteiger partial charge is 0.410 e. The number of carbonyl (C=O) groups is 1. The van der Waals surface area contributed by atoms with Gasteiger partial charge in [0, 0.05) is 26.7 Å². The lowest BCUT2D eigenvalue weighted by atomic mass is 10.2. The summed E-state index contributed by atoms with van der Waals surface area (Å²) in [6.45, 7) is 12.2. The molecule has 0 bridgehead atoms. The number of hydrogen-bond acceptors (Lipinski definition) is 3. The number of ether oxygens (including phenoxy) is 1. The number of guanidine groups is 1. The van der Waals surface area contributed by atoms with Crippen LogP contribution in [0.25, 0.3) is 0 Å². The Morgan fingerprint density at radius 1 is 1.26 bits per heavy atom. The van der Waals surface area contributed by atoms with E-state index in [0.29, 0.717) is 19.0 Å². The van der Waals surface area contributed by atoms with Gasteiger partial charge in [-0.3, -0.25) is 4.99 Å². The first kappa shape index (κ1) is 17.5. The maximum absolute atomic E-state index is 11.7. The van der Waals surface area contributed by atoms with E-state index in [1.807, 2.05) is 39.5 Å². The molecule has 0 aliphatic carbocycles. The van der Waals surface area contributed by atoms with E-state index >= 15 is 0 Å². The normalized spacial score (nSPS) is 12.2. The minimum absolute atomic E-state index is 0.343. The monoisotopic (exact) mass is 272 g/mol. The molecule has 6 nitrogen and oxygen atoms in total. The lowest BCUT2D eigenvalue weighted by Crippen LogP contribution is -2.38. The molecule has 0 aromatic rings. The quantitative estimate of drug-likeness (QED) is 0.608. The number of aliphatic imine (C=N–C) groups is 1. The van der Waals surface area contributed by atoms with E-state index < -0.39 is 5.60 Å². The molecule has 0 rings (SSSR count). The Bertz CT molecular complexity index is 306. The lowest BCUT2D eigenvalue weighted by molar-refractivity contribution is 0.0304. The van der Waals surface area contributed by atoms with Gasteiger partial charge >= 0.3 is 6.09 Å². The molecule has 19 heavy (non-hydrogen) atoms. The maximum atomic E-state index is 11.7. The molecule has 6 heteroatoms. The van der Waals surface area contributed by atoms with Gasteiger partial charge in [-0.15, -0.1) is 0 Å². The zero-order valence-electron chi connectivity index (χ0n) is 13.1. The van der Waals surface area contributed by atoms with Crippen LogP contribution in [0.15, 0.2) is 4.99 Å². The molecule has 0 aliphatic rings. The minimum atomic E-state index is -0.477. The van der Waals surface area contributed by atoms with Crippen LogP contribution in [0.4, 0.5) is 4.79 Å².